The van der Waals surface area contributed by atoms with Gasteiger partial charge >= 0.3 is 0 Å². The number of primary sulfonamides is 1. The maximum absolute atomic E-state index is 13.9. The highest BCUT2D eigenvalue weighted by Crippen LogP contribution is 2.36. The molecule has 0 radical (unpaired) electrons. The molecule has 0 aliphatic heterocycles. The normalized spacial score (nSPS) is 12.4. The molecule has 0 amide bonds. The number of benzene rings is 2. The van der Waals surface area contributed by atoms with Crippen molar-refractivity contribution in [3.63, 3.8) is 0 Å². The summed E-state index contributed by atoms with van der Waals surface area (Å²) in [7, 11) is -9.46. The van der Waals surface area contributed by atoms with Crippen LogP contribution >= 0.6 is 0 Å². The third-order valence-corrected chi connectivity index (χ3v) is 4.63. The maximum atomic E-state index is 13.9. The lowest BCUT2D eigenvalue weighted by Crippen LogP contribution is -2.16. The van der Waals surface area contributed by atoms with Crippen LogP contribution < -0.4 is 5.14 Å². The van der Waals surface area contributed by atoms with Crippen molar-refractivity contribution < 1.29 is 30.2 Å². The van der Waals surface area contributed by atoms with Gasteiger partial charge in [-0.25, -0.2) is 22.3 Å². The number of sulfonamides is 1. The second kappa shape index (κ2) is 5.39. The van der Waals surface area contributed by atoms with E-state index in [2.05, 4.69) is 0 Å². The molecule has 22 heavy (non-hydrogen) atoms. The molecule has 3 N–H and O–H groups in total. The molecular weight excluding hydrogens is 340 g/mol. The van der Waals surface area contributed by atoms with Crippen LogP contribution in [0.4, 0.5) is 8.78 Å². The molecule has 2 aromatic carbocycles. The fourth-order valence-electron chi connectivity index (χ4n) is 1.95. The van der Waals surface area contributed by atoms with Gasteiger partial charge in [0.2, 0.25) is 10.0 Å². The summed E-state index contributed by atoms with van der Waals surface area (Å²) in [6, 6.07) is 5.31. The average molecular weight is 349 g/mol. The number of halogens is 2. The maximum Gasteiger partial charge on any atom is 0.295 e. The number of hydrogen-bond donors (Lipinski definition) is 2. The monoisotopic (exact) mass is 349 g/mol. The Morgan fingerprint density at radius 2 is 1.27 bits per heavy atom. The Morgan fingerprint density at radius 1 is 0.818 bits per heavy atom. The molecule has 0 heterocycles. The molecule has 0 unspecified atom stereocenters. The van der Waals surface area contributed by atoms with E-state index in [4.69, 9.17) is 5.14 Å². The number of nitrogens with two attached hydrogens (primary N) is 1. The molecule has 0 atom stereocenters. The van der Waals surface area contributed by atoms with Gasteiger partial charge in [-0.2, -0.15) is 8.42 Å². The van der Waals surface area contributed by atoms with Crippen LogP contribution in [-0.4, -0.2) is 21.4 Å². The van der Waals surface area contributed by atoms with Gasteiger partial charge in [0, 0.05) is 5.56 Å². The van der Waals surface area contributed by atoms with Gasteiger partial charge in [-0.05, 0) is 24.3 Å². The molecule has 0 fully saturated rings. The number of rotatable bonds is 3. The van der Waals surface area contributed by atoms with E-state index in [1.54, 1.807) is 0 Å². The fourth-order valence-corrected chi connectivity index (χ4v) is 3.50. The highest BCUT2D eigenvalue weighted by atomic mass is 32.2. The summed E-state index contributed by atoms with van der Waals surface area (Å²) in [6.45, 7) is 0. The molecule has 0 aliphatic carbocycles. The van der Waals surface area contributed by atoms with Crippen molar-refractivity contribution in [1.82, 2.24) is 0 Å². The second-order valence-corrected chi connectivity index (χ2v) is 7.17. The van der Waals surface area contributed by atoms with Gasteiger partial charge in [-0.15, -0.1) is 0 Å². The van der Waals surface area contributed by atoms with Crippen molar-refractivity contribution in [2.24, 2.45) is 5.14 Å². The Kier molecular flexibility index (Phi) is 4.04. The van der Waals surface area contributed by atoms with E-state index in [0.717, 1.165) is 36.4 Å². The predicted octanol–water partition coefficient (Wildman–Crippen LogP) is 1.53. The van der Waals surface area contributed by atoms with Crippen molar-refractivity contribution in [1.29, 1.82) is 0 Å². The van der Waals surface area contributed by atoms with Gasteiger partial charge in [0.25, 0.3) is 10.1 Å². The lowest BCUT2D eigenvalue weighted by molar-refractivity contribution is 0.483. The topological polar surface area (TPSA) is 115 Å². The van der Waals surface area contributed by atoms with Crippen LogP contribution in [0.1, 0.15) is 0 Å². The van der Waals surface area contributed by atoms with Crippen molar-refractivity contribution in [3.8, 4) is 11.1 Å². The van der Waals surface area contributed by atoms with Crippen LogP contribution in [0.5, 0.6) is 0 Å². The molecule has 2 rings (SSSR count). The van der Waals surface area contributed by atoms with Crippen molar-refractivity contribution in [3.05, 3.63) is 48.0 Å². The van der Waals surface area contributed by atoms with Gasteiger partial charge in [0.15, 0.2) is 0 Å². The lowest BCUT2D eigenvalue weighted by atomic mass is 10.0. The van der Waals surface area contributed by atoms with E-state index in [-0.39, 0.29) is 0 Å². The van der Waals surface area contributed by atoms with E-state index < -0.39 is 52.7 Å². The van der Waals surface area contributed by atoms with Crippen LogP contribution in [0, 0.1) is 11.6 Å². The molecule has 118 valence electrons. The summed E-state index contributed by atoms with van der Waals surface area (Å²) in [5, 5.41) is 4.96. The Morgan fingerprint density at radius 3 is 1.73 bits per heavy atom. The highest BCUT2D eigenvalue weighted by Gasteiger charge is 2.28. The zero-order valence-corrected chi connectivity index (χ0v) is 12.3. The van der Waals surface area contributed by atoms with Crippen molar-refractivity contribution >= 4 is 20.1 Å². The molecule has 0 saturated carbocycles. The summed E-state index contributed by atoms with van der Waals surface area (Å²) in [4.78, 5) is -1.80. The molecule has 0 saturated heterocycles. The summed E-state index contributed by atoms with van der Waals surface area (Å²) in [5.74, 6) is -2.41. The highest BCUT2D eigenvalue weighted by molar-refractivity contribution is 7.89. The Balaban J connectivity index is 3.08. The molecule has 0 spiro atoms. The minimum Gasteiger partial charge on any atom is -0.282 e. The van der Waals surface area contributed by atoms with Crippen LogP contribution in [0.3, 0.4) is 0 Å². The largest absolute Gasteiger partial charge is 0.295 e. The Labute approximate surface area is 125 Å². The third-order valence-electron chi connectivity index (χ3n) is 2.79. The molecule has 2 aromatic rings. The molecular formula is C12H9F2NO5S2. The van der Waals surface area contributed by atoms with Gasteiger partial charge in [-0.3, -0.25) is 4.55 Å². The SMILES string of the molecule is NS(=O)(=O)c1cccc(S(=O)(=O)O)c1-c1c(F)cccc1F. The molecule has 0 bridgehead atoms. The molecule has 10 heteroatoms. The first-order chi connectivity index (χ1) is 10.0. The quantitative estimate of drug-likeness (QED) is 0.816. The Hall–Kier alpha value is -1.88. The first kappa shape index (κ1) is 16.5. The fraction of sp³-hybridized carbons (Fsp3) is 0. The van der Waals surface area contributed by atoms with Crippen LogP contribution in [0.2, 0.25) is 0 Å². The van der Waals surface area contributed by atoms with Crippen molar-refractivity contribution in [2.45, 2.75) is 9.79 Å². The smallest absolute Gasteiger partial charge is 0.282 e. The molecule has 6 nitrogen and oxygen atoms in total. The Bertz CT molecular complexity index is 885. The summed E-state index contributed by atoms with van der Waals surface area (Å²) in [6.07, 6.45) is 0. The zero-order valence-electron chi connectivity index (χ0n) is 10.7. The zero-order chi connectivity index (χ0) is 16.7. The summed E-state index contributed by atoms with van der Waals surface area (Å²) >= 11 is 0. The van der Waals surface area contributed by atoms with E-state index in [1.807, 2.05) is 0 Å². The average Bonchev–Trinajstić information content (AvgIpc) is 2.36. The number of hydrogen-bond acceptors (Lipinski definition) is 4. The second-order valence-electron chi connectivity index (χ2n) is 4.25. The van der Waals surface area contributed by atoms with E-state index in [9.17, 15) is 30.2 Å². The van der Waals surface area contributed by atoms with Gasteiger partial charge in [-0.1, -0.05) is 12.1 Å². The van der Waals surface area contributed by atoms with Gasteiger partial charge in [0.05, 0.1) is 10.5 Å². The molecule has 0 aliphatic rings. The molecule has 0 aromatic heterocycles. The summed E-state index contributed by atoms with van der Waals surface area (Å²) < 4.78 is 83.0. The first-order valence-electron chi connectivity index (χ1n) is 5.61. The lowest BCUT2D eigenvalue weighted by Gasteiger charge is -2.13. The first-order valence-corrected chi connectivity index (χ1v) is 8.60. The summed E-state index contributed by atoms with van der Waals surface area (Å²) in [5.41, 5.74) is -1.78. The van der Waals surface area contributed by atoms with E-state index in [0.29, 0.717) is 0 Å². The van der Waals surface area contributed by atoms with Crippen molar-refractivity contribution in [2.75, 3.05) is 0 Å². The van der Waals surface area contributed by atoms with E-state index >= 15 is 0 Å². The van der Waals surface area contributed by atoms with E-state index in [1.165, 1.54) is 0 Å². The van der Waals surface area contributed by atoms with Crippen LogP contribution in [0.25, 0.3) is 11.1 Å². The van der Waals surface area contributed by atoms with Crippen LogP contribution in [0.15, 0.2) is 46.2 Å². The third kappa shape index (κ3) is 2.99. The predicted molar refractivity (Wildman–Crippen MR) is 73.0 cm³/mol. The minimum atomic E-state index is -4.95. The standard InChI is InChI=1S/C12H9F2NO5S2/c13-7-3-1-4-8(14)11(7)12-9(21(15,16)17)5-2-6-10(12)22(18,19)20/h1-6H,(H2,15,16,17)(H,18,19,20). The van der Waals surface area contributed by atoms with Crippen LogP contribution in [-0.2, 0) is 20.1 Å². The van der Waals surface area contributed by atoms with Gasteiger partial charge in [0.1, 0.15) is 16.5 Å². The van der Waals surface area contributed by atoms with Gasteiger partial charge < -0.3 is 0 Å². The minimum absolute atomic E-state index is 0.811.